The maximum Gasteiger partial charge on any atom is 0.315 e. The van der Waals surface area contributed by atoms with Gasteiger partial charge in [-0.05, 0) is 57.9 Å². The lowest BCUT2D eigenvalue weighted by molar-refractivity contribution is 0.174. The van der Waals surface area contributed by atoms with Crippen LogP contribution in [0.25, 0.3) is 0 Å². The molecule has 2 amide bonds. The standard InChI is InChI=1S/C18H28N2O2/c1-12-8-13(2)10-16(9-12)14(3)19-18(22)20-17-6-4-15(11-21)5-7-17/h8-10,14-15,17,21H,4-7,11H2,1-3H3,(H2,19,20,22). The Hall–Kier alpha value is -1.55. The number of carbonyl (C=O) groups excluding carboxylic acids is 1. The van der Waals surface area contributed by atoms with Crippen molar-refractivity contribution in [1.29, 1.82) is 0 Å². The first-order valence-corrected chi connectivity index (χ1v) is 8.24. The molecule has 122 valence electrons. The molecule has 0 radical (unpaired) electrons. The largest absolute Gasteiger partial charge is 0.396 e. The highest BCUT2D eigenvalue weighted by Gasteiger charge is 2.22. The van der Waals surface area contributed by atoms with Crippen molar-refractivity contribution in [2.45, 2.75) is 58.5 Å². The fourth-order valence-corrected chi connectivity index (χ4v) is 3.26. The molecule has 2 rings (SSSR count). The molecule has 1 aliphatic rings. The molecule has 1 fully saturated rings. The molecule has 1 aromatic carbocycles. The first-order valence-electron chi connectivity index (χ1n) is 8.24. The fraction of sp³-hybridized carbons (Fsp3) is 0.611. The van der Waals surface area contributed by atoms with Gasteiger partial charge in [0.25, 0.3) is 0 Å². The monoisotopic (exact) mass is 304 g/mol. The van der Waals surface area contributed by atoms with E-state index in [2.05, 4.69) is 42.7 Å². The molecule has 22 heavy (non-hydrogen) atoms. The summed E-state index contributed by atoms with van der Waals surface area (Å²) in [7, 11) is 0. The zero-order chi connectivity index (χ0) is 16.1. The van der Waals surface area contributed by atoms with Gasteiger partial charge in [0.2, 0.25) is 0 Å². The molecule has 0 bridgehead atoms. The zero-order valence-electron chi connectivity index (χ0n) is 13.9. The van der Waals surface area contributed by atoms with Crippen LogP contribution in [0.4, 0.5) is 4.79 Å². The van der Waals surface area contributed by atoms with Gasteiger partial charge in [-0.1, -0.05) is 29.3 Å². The van der Waals surface area contributed by atoms with E-state index in [1.165, 1.54) is 11.1 Å². The Morgan fingerprint density at radius 2 is 1.77 bits per heavy atom. The van der Waals surface area contributed by atoms with Gasteiger partial charge < -0.3 is 15.7 Å². The number of aliphatic hydroxyl groups excluding tert-OH is 1. The summed E-state index contributed by atoms with van der Waals surface area (Å²) in [5.74, 6) is 0.412. The molecule has 0 spiro atoms. The Kier molecular flexibility index (Phi) is 5.83. The molecule has 4 nitrogen and oxygen atoms in total. The second-order valence-electron chi connectivity index (χ2n) is 6.66. The van der Waals surface area contributed by atoms with Crippen molar-refractivity contribution < 1.29 is 9.90 Å². The van der Waals surface area contributed by atoms with Gasteiger partial charge in [0.15, 0.2) is 0 Å². The molecule has 3 N–H and O–H groups in total. The first kappa shape index (κ1) is 16.8. The smallest absolute Gasteiger partial charge is 0.315 e. The normalized spacial score (nSPS) is 22.9. The Morgan fingerprint density at radius 1 is 1.18 bits per heavy atom. The third-order valence-corrected chi connectivity index (χ3v) is 4.53. The fourth-order valence-electron chi connectivity index (χ4n) is 3.26. The van der Waals surface area contributed by atoms with Gasteiger partial charge in [0.05, 0.1) is 6.04 Å². The minimum Gasteiger partial charge on any atom is -0.396 e. The Morgan fingerprint density at radius 3 is 2.32 bits per heavy atom. The lowest BCUT2D eigenvalue weighted by atomic mass is 9.87. The predicted molar refractivity (Wildman–Crippen MR) is 88.8 cm³/mol. The number of nitrogens with one attached hydrogen (secondary N) is 2. The average Bonchev–Trinajstić information content (AvgIpc) is 2.47. The van der Waals surface area contributed by atoms with Gasteiger partial charge in [-0.3, -0.25) is 0 Å². The van der Waals surface area contributed by atoms with Crippen LogP contribution in [0.2, 0.25) is 0 Å². The van der Waals surface area contributed by atoms with Gasteiger partial charge in [-0.2, -0.15) is 0 Å². The van der Waals surface area contributed by atoms with E-state index in [9.17, 15) is 4.79 Å². The number of aryl methyl sites for hydroxylation is 2. The van der Waals surface area contributed by atoms with Crippen molar-refractivity contribution in [3.05, 3.63) is 34.9 Å². The minimum atomic E-state index is -0.0980. The van der Waals surface area contributed by atoms with Crippen molar-refractivity contribution in [2.75, 3.05) is 6.61 Å². The van der Waals surface area contributed by atoms with Crippen LogP contribution in [0.1, 0.15) is 55.3 Å². The van der Waals surface area contributed by atoms with E-state index in [0.29, 0.717) is 5.92 Å². The van der Waals surface area contributed by atoms with Gasteiger partial charge in [-0.25, -0.2) is 4.79 Å². The van der Waals surface area contributed by atoms with Crippen LogP contribution in [0.3, 0.4) is 0 Å². The molecule has 1 aromatic rings. The van der Waals surface area contributed by atoms with E-state index in [4.69, 9.17) is 5.11 Å². The first-order chi connectivity index (χ1) is 10.5. The Bertz CT molecular complexity index is 488. The van der Waals surface area contributed by atoms with E-state index >= 15 is 0 Å². The highest BCUT2D eigenvalue weighted by molar-refractivity contribution is 5.74. The number of benzene rings is 1. The van der Waals surface area contributed by atoms with E-state index < -0.39 is 0 Å². The maximum absolute atomic E-state index is 12.1. The summed E-state index contributed by atoms with van der Waals surface area (Å²) in [5, 5.41) is 15.2. The van der Waals surface area contributed by atoms with Crippen LogP contribution >= 0.6 is 0 Å². The number of hydrogen-bond donors (Lipinski definition) is 3. The second kappa shape index (κ2) is 7.63. The number of aliphatic hydroxyl groups is 1. The SMILES string of the molecule is Cc1cc(C)cc(C(C)NC(=O)NC2CCC(CO)CC2)c1. The lowest BCUT2D eigenvalue weighted by Crippen LogP contribution is -2.44. The topological polar surface area (TPSA) is 61.4 Å². The van der Waals surface area contributed by atoms with Gasteiger partial charge >= 0.3 is 6.03 Å². The van der Waals surface area contributed by atoms with Crippen LogP contribution < -0.4 is 10.6 Å². The predicted octanol–water partition coefficient (Wildman–Crippen LogP) is 3.21. The summed E-state index contributed by atoms with van der Waals surface area (Å²) in [4.78, 5) is 12.1. The highest BCUT2D eigenvalue weighted by Crippen LogP contribution is 2.23. The van der Waals surface area contributed by atoms with Crippen LogP contribution in [0, 0.1) is 19.8 Å². The minimum absolute atomic E-state index is 0.00705. The molecular formula is C18H28N2O2. The molecule has 1 unspecified atom stereocenters. The van der Waals surface area contributed by atoms with Crippen LogP contribution in [0.5, 0.6) is 0 Å². The molecule has 1 atom stereocenters. The third kappa shape index (κ3) is 4.73. The molecule has 0 aromatic heterocycles. The lowest BCUT2D eigenvalue weighted by Gasteiger charge is -2.28. The highest BCUT2D eigenvalue weighted by atomic mass is 16.3. The number of hydrogen-bond acceptors (Lipinski definition) is 2. The summed E-state index contributed by atoms with van der Waals surface area (Å²) in [6.07, 6.45) is 3.90. The van der Waals surface area contributed by atoms with Crippen molar-refractivity contribution >= 4 is 6.03 Å². The molecule has 4 heteroatoms. The Balaban J connectivity index is 1.84. The summed E-state index contributed by atoms with van der Waals surface area (Å²) in [5.41, 5.74) is 3.56. The number of urea groups is 1. The van der Waals surface area contributed by atoms with Gasteiger partial charge in [0, 0.05) is 12.6 Å². The van der Waals surface area contributed by atoms with Crippen LogP contribution in [-0.4, -0.2) is 23.8 Å². The van der Waals surface area contributed by atoms with Crippen molar-refractivity contribution in [3.8, 4) is 0 Å². The summed E-state index contributed by atoms with van der Waals surface area (Å²) < 4.78 is 0. The number of amides is 2. The molecule has 1 saturated carbocycles. The van der Waals surface area contributed by atoms with Crippen LogP contribution in [0.15, 0.2) is 18.2 Å². The molecular weight excluding hydrogens is 276 g/mol. The summed E-state index contributed by atoms with van der Waals surface area (Å²) >= 11 is 0. The summed E-state index contributed by atoms with van der Waals surface area (Å²) in [6.45, 7) is 6.42. The van der Waals surface area contributed by atoms with E-state index in [1.807, 2.05) is 6.92 Å². The average molecular weight is 304 g/mol. The van der Waals surface area contributed by atoms with Crippen molar-refractivity contribution in [2.24, 2.45) is 5.92 Å². The molecule has 0 heterocycles. The molecule has 1 aliphatic carbocycles. The van der Waals surface area contributed by atoms with Crippen molar-refractivity contribution in [1.82, 2.24) is 10.6 Å². The summed E-state index contributed by atoms with van der Waals surface area (Å²) in [6, 6.07) is 6.49. The Labute approximate surface area is 133 Å². The van der Waals surface area contributed by atoms with Gasteiger partial charge in [-0.15, -0.1) is 0 Å². The zero-order valence-corrected chi connectivity index (χ0v) is 13.9. The third-order valence-electron chi connectivity index (χ3n) is 4.53. The van der Waals surface area contributed by atoms with E-state index in [0.717, 1.165) is 31.2 Å². The number of carbonyl (C=O) groups is 1. The molecule has 0 saturated heterocycles. The van der Waals surface area contributed by atoms with E-state index in [-0.39, 0.29) is 24.7 Å². The number of rotatable bonds is 4. The van der Waals surface area contributed by atoms with Crippen LogP contribution in [-0.2, 0) is 0 Å². The maximum atomic E-state index is 12.1. The van der Waals surface area contributed by atoms with E-state index in [1.54, 1.807) is 0 Å². The second-order valence-corrected chi connectivity index (χ2v) is 6.66. The van der Waals surface area contributed by atoms with Gasteiger partial charge in [0.1, 0.15) is 0 Å². The quantitative estimate of drug-likeness (QED) is 0.800. The van der Waals surface area contributed by atoms with Crippen molar-refractivity contribution in [3.63, 3.8) is 0 Å². The molecule has 0 aliphatic heterocycles.